The van der Waals surface area contributed by atoms with E-state index in [2.05, 4.69) is 4.72 Å². The van der Waals surface area contributed by atoms with E-state index in [1.54, 1.807) is 0 Å². The molecule has 108 valence electrons. The van der Waals surface area contributed by atoms with Crippen molar-refractivity contribution in [2.24, 2.45) is 11.1 Å². The molecule has 0 bridgehead atoms. The fourth-order valence-corrected chi connectivity index (χ4v) is 3.20. The molecule has 1 atom stereocenters. The van der Waals surface area contributed by atoms with Crippen molar-refractivity contribution in [1.29, 1.82) is 0 Å². The molecule has 0 saturated heterocycles. The SMILES string of the molecule is CC(C)(C)C(CN)NS(=O)(=O)c1ccc(Cl)cc1F. The van der Waals surface area contributed by atoms with Gasteiger partial charge in [0.05, 0.1) is 0 Å². The number of nitrogens with one attached hydrogen (secondary N) is 1. The van der Waals surface area contributed by atoms with Gasteiger partial charge in [-0.05, 0) is 23.6 Å². The quantitative estimate of drug-likeness (QED) is 0.895. The van der Waals surface area contributed by atoms with Gasteiger partial charge in [-0.1, -0.05) is 32.4 Å². The zero-order valence-corrected chi connectivity index (χ0v) is 12.6. The molecule has 4 nitrogen and oxygen atoms in total. The Morgan fingerprint density at radius 1 is 1.42 bits per heavy atom. The molecule has 3 N–H and O–H groups in total. The Morgan fingerprint density at radius 2 is 2.00 bits per heavy atom. The first kappa shape index (κ1) is 16.4. The minimum absolute atomic E-state index is 0.123. The molecular formula is C12H18ClFN2O2S. The summed E-state index contributed by atoms with van der Waals surface area (Å²) in [5, 5.41) is 0.141. The van der Waals surface area contributed by atoms with E-state index in [1.165, 1.54) is 6.07 Å². The van der Waals surface area contributed by atoms with Crippen molar-refractivity contribution < 1.29 is 12.8 Å². The van der Waals surface area contributed by atoms with Gasteiger partial charge in [0, 0.05) is 17.6 Å². The predicted molar refractivity (Wildman–Crippen MR) is 74.0 cm³/mol. The second-order valence-corrected chi connectivity index (χ2v) is 7.47. The van der Waals surface area contributed by atoms with Gasteiger partial charge in [0.2, 0.25) is 10.0 Å². The van der Waals surface area contributed by atoms with Crippen LogP contribution in [0.2, 0.25) is 5.02 Å². The molecule has 0 radical (unpaired) electrons. The van der Waals surface area contributed by atoms with Crippen LogP contribution in [-0.4, -0.2) is 21.0 Å². The minimum atomic E-state index is -3.97. The largest absolute Gasteiger partial charge is 0.329 e. The highest BCUT2D eigenvalue weighted by molar-refractivity contribution is 7.89. The van der Waals surface area contributed by atoms with Crippen LogP contribution in [0.15, 0.2) is 23.1 Å². The Balaban J connectivity index is 3.11. The van der Waals surface area contributed by atoms with E-state index in [4.69, 9.17) is 17.3 Å². The highest BCUT2D eigenvalue weighted by Gasteiger charge is 2.29. The molecule has 19 heavy (non-hydrogen) atoms. The average Bonchev–Trinajstić information content (AvgIpc) is 2.23. The van der Waals surface area contributed by atoms with Crippen LogP contribution >= 0.6 is 11.6 Å². The van der Waals surface area contributed by atoms with Crippen LogP contribution in [0.25, 0.3) is 0 Å². The third-order valence-electron chi connectivity index (χ3n) is 2.76. The molecule has 1 aromatic carbocycles. The average molecular weight is 309 g/mol. The lowest BCUT2D eigenvalue weighted by molar-refractivity contribution is 0.304. The van der Waals surface area contributed by atoms with Gasteiger partial charge in [0.25, 0.3) is 0 Å². The van der Waals surface area contributed by atoms with Crippen LogP contribution in [0.5, 0.6) is 0 Å². The summed E-state index contributed by atoms with van der Waals surface area (Å²) in [5.41, 5.74) is 5.19. The van der Waals surface area contributed by atoms with Crippen LogP contribution in [0.4, 0.5) is 4.39 Å². The maximum absolute atomic E-state index is 13.7. The summed E-state index contributed by atoms with van der Waals surface area (Å²) in [6, 6.07) is 2.93. The molecule has 0 aromatic heterocycles. The molecular weight excluding hydrogens is 291 g/mol. The van der Waals surface area contributed by atoms with Crippen molar-refractivity contribution in [3.63, 3.8) is 0 Å². The first-order valence-electron chi connectivity index (χ1n) is 5.75. The Labute approximate surface area is 118 Å². The van der Waals surface area contributed by atoms with Crippen LogP contribution < -0.4 is 10.5 Å². The first-order chi connectivity index (χ1) is 8.58. The summed E-state index contributed by atoms with van der Waals surface area (Å²) in [5.74, 6) is -0.885. The lowest BCUT2D eigenvalue weighted by atomic mass is 9.88. The van der Waals surface area contributed by atoms with E-state index in [-0.39, 0.29) is 17.0 Å². The summed E-state index contributed by atoms with van der Waals surface area (Å²) < 4.78 is 40.3. The first-order valence-corrected chi connectivity index (χ1v) is 7.61. The van der Waals surface area contributed by atoms with E-state index in [0.717, 1.165) is 12.1 Å². The second-order valence-electron chi connectivity index (χ2n) is 5.35. The lowest BCUT2D eigenvalue weighted by Crippen LogP contribution is -2.48. The van der Waals surface area contributed by atoms with E-state index >= 15 is 0 Å². The topological polar surface area (TPSA) is 72.2 Å². The number of rotatable bonds is 4. The molecule has 1 unspecified atom stereocenters. The van der Waals surface area contributed by atoms with Crippen LogP contribution in [0.3, 0.4) is 0 Å². The number of hydrogen-bond acceptors (Lipinski definition) is 3. The van der Waals surface area contributed by atoms with Gasteiger partial charge in [-0.15, -0.1) is 0 Å². The normalized spacial score (nSPS) is 14.4. The number of hydrogen-bond donors (Lipinski definition) is 2. The van der Waals surface area contributed by atoms with Crippen LogP contribution in [-0.2, 0) is 10.0 Å². The molecule has 0 aliphatic rings. The Bertz CT molecular complexity index is 555. The molecule has 0 aliphatic carbocycles. The van der Waals surface area contributed by atoms with E-state index in [0.29, 0.717) is 0 Å². The van der Waals surface area contributed by atoms with Gasteiger partial charge < -0.3 is 5.73 Å². The van der Waals surface area contributed by atoms with E-state index < -0.39 is 26.8 Å². The summed E-state index contributed by atoms with van der Waals surface area (Å²) >= 11 is 5.60. The number of halogens is 2. The lowest BCUT2D eigenvalue weighted by Gasteiger charge is -2.30. The maximum Gasteiger partial charge on any atom is 0.243 e. The number of nitrogens with two attached hydrogens (primary N) is 1. The summed E-state index contributed by atoms with van der Waals surface area (Å²) in [6.45, 7) is 5.68. The summed E-state index contributed by atoms with van der Waals surface area (Å²) in [7, 11) is -3.97. The van der Waals surface area contributed by atoms with Crippen LogP contribution in [0.1, 0.15) is 20.8 Å². The van der Waals surface area contributed by atoms with Crippen LogP contribution in [0, 0.1) is 11.2 Å². The molecule has 7 heteroatoms. The number of sulfonamides is 1. The fraction of sp³-hybridized carbons (Fsp3) is 0.500. The van der Waals surface area contributed by atoms with Crippen molar-refractivity contribution in [3.8, 4) is 0 Å². The van der Waals surface area contributed by atoms with E-state index in [9.17, 15) is 12.8 Å². The van der Waals surface area contributed by atoms with Gasteiger partial charge in [0.15, 0.2) is 0 Å². The Morgan fingerprint density at radius 3 is 2.42 bits per heavy atom. The smallest absolute Gasteiger partial charge is 0.243 e. The highest BCUT2D eigenvalue weighted by atomic mass is 35.5. The molecule has 0 spiro atoms. The maximum atomic E-state index is 13.7. The molecule has 0 heterocycles. The van der Waals surface area contributed by atoms with Gasteiger partial charge >= 0.3 is 0 Å². The summed E-state index contributed by atoms with van der Waals surface area (Å²) in [4.78, 5) is -0.431. The second kappa shape index (κ2) is 5.75. The van der Waals surface area contributed by atoms with Gasteiger partial charge in [-0.25, -0.2) is 17.5 Å². The van der Waals surface area contributed by atoms with Crippen molar-refractivity contribution in [2.45, 2.75) is 31.7 Å². The molecule has 0 saturated carbocycles. The van der Waals surface area contributed by atoms with Crippen molar-refractivity contribution in [2.75, 3.05) is 6.54 Å². The molecule has 0 amide bonds. The third kappa shape index (κ3) is 4.14. The van der Waals surface area contributed by atoms with Gasteiger partial charge in [-0.3, -0.25) is 0 Å². The Kier molecular flexibility index (Phi) is 4.95. The molecule has 1 aromatic rings. The standard InChI is InChI=1S/C12H18ClFN2O2S/c1-12(2,3)11(7-15)16-19(17,18)10-5-4-8(13)6-9(10)14/h4-6,11,16H,7,15H2,1-3H3. The zero-order chi connectivity index (χ0) is 14.8. The van der Waals surface area contributed by atoms with Crippen molar-refractivity contribution in [3.05, 3.63) is 29.0 Å². The predicted octanol–water partition coefficient (Wildman–Crippen LogP) is 2.13. The highest BCUT2D eigenvalue weighted by Crippen LogP contribution is 2.23. The third-order valence-corrected chi connectivity index (χ3v) is 4.50. The van der Waals surface area contributed by atoms with Gasteiger partial charge in [-0.2, -0.15) is 0 Å². The number of benzene rings is 1. The minimum Gasteiger partial charge on any atom is -0.329 e. The van der Waals surface area contributed by atoms with Gasteiger partial charge in [0.1, 0.15) is 10.7 Å². The zero-order valence-electron chi connectivity index (χ0n) is 11.1. The molecule has 0 aliphatic heterocycles. The fourth-order valence-electron chi connectivity index (χ4n) is 1.52. The summed E-state index contributed by atoms with van der Waals surface area (Å²) in [6.07, 6.45) is 0. The van der Waals surface area contributed by atoms with Crippen molar-refractivity contribution >= 4 is 21.6 Å². The Hall–Kier alpha value is -0.690. The molecule has 1 rings (SSSR count). The van der Waals surface area contributed by atoms with E-state index in [1.807, 2.05) is 20.8 Å². The monoisotopic (exact) mass is 308 g/mol. The van der Waals surface area contributed by atoms with Crippen molar-refractivity contribution in [1.82, 2.24) is 4.72 Å². The molecule has 0 fully saturated rings.